The molecular formula is C9H20Cl3O4P. The molecule has 0 bridgehead atoms. The molecule has 0 spiro atoms. The topological polar surface area (TPSA) is 55.8 Å². The molecule has 0 fully saturated rings. The molecule has 0 radical (unpaired) electrons. The van der Waals surface area contributed by atoms with E-state index >= 15 is 0 Å². The van der Waals surface area contributed by atoms with Crippen LogP contribution in [-0.2, 0) is 13.6 Å². The molecule has 1 N–H and O–H groups in total. The maximum atomic E-state index is 11.0. The van der Waals surface area contributed by atoms with Gasteiger partial charge in [0.15, 0.2) is 0 Å². The highest BCUT2D eigenvalue weighted by Gasteiger charge is 2.22. The molecule has 0 rings (SSSR count). The molecule has 0 saturated carbocycles. The molecule has 2 atom stereocenters. The van der Waals surface area contributed by atoms with Crippen LogP contribution in [0.15, 0.2) is 0 Å². The third-order valence-corrected chi connectivity index (χ3v) is 2.14. The van der Waals surface area contributed by atoms with E-state index in [4.69, 9.17) is 39.7 Å². The predicted molar refractivity (Wildman–Crippen MR) is 73.3 cm³/mol. The third kappa shape index (κ3) is 22.6. The van der Waals surface area contributed by atoms with Crippen molar-refractivity contribution in [2.75, 3.05) is 13.2 Å². The van der Waals surface area contributed by atoms with Gasteiger partial charge in [-0.25, -0.2) is 4.57 Å². The lowest BCUT2D eigenvalue weighted by Crippen LogP contribution is -2.08. The van der Waals surface area contributed by atoms with Crippen molar-refractivity contribution in [2.24, 2.45) is 0 Å². The highest BCUT2D eigenvalue weighted by atomic mass is 35.5. The number of halogens is 3. The zero-order valence-corrected chi connectivity index (χ0v) is 13.6. The average Bonchev–Trinajstić information content (AvgIpc) is 2.11. The summed E-state index contributed by atoms with van der Waals surface area (Å²) in [5.41, 5.74) is 0. The molecule has 0 aliphatic carbocycles. The minimum atomic E-state index is -3.97. The molecule has 0 aromatic heterocycles. The van der Waals surface area contributed by atoms with Crippen LogP contribution in [0, 0.1) is 0 Å². The fourth-order valence-corrected chi connectivity index (χ4v) is 1.63. The first-order chi connectivity index (χ1) is 7.57. The van der Waals surface area contributed by atoms with E-state index < -0.39 is 7.82 Å². The van der Waals surface area contributed by atoms with E-state index in [-0.39, 0.29) is 24.0 Å². The number of alkyl halides is 3. The van der Waals surface area contributed by atoms with Gasteiger partial charge >= 0.3 is 7.82 Å². The lowest BCUT2D eigenvalue weighted by atomic mass is 10.5. The Morgan fingerprint density at radius 2 is 1.24 bits per heavy atom. The summed E-state index contributed by atoms with van der Waals surface area (Å²) < 4.78 is 20.1. The summed E-state index contributed by atoms with van der Waals surface area (Å²) in [4.78, 5) is 9.01. The van der Waals surface area contributed by atoms with Gasteiger partial charge in [-0.1, -0.05) is 0 Å². The highest BCUT2D eigenvalue weighted by molar-refractivity contribution is 7.47. The first-order valence-electron chi connectivity index (χ1n) is 5.11. The highest BCUT2D eigenvalue weighted by Crippen LogP contribution is 2.43. The van der Waals surface area contributed by atoms with Gasteiger partial charge in [-0.15, -0.1) is 34.8 Å². The lowest BCUT2D eigenvalue weighted by molar-refractivity contribution is 0.151. The Morgan fingerprint density at radius 1 is 1.00 bits per heavy atom. The Labute approximate surface area is 118 Å². The largest absolute Gasteiger partial charge is 0.472 e. The quantitative estimate of drug-likeness (QED) is 0.591. The smallest absolute Gasteiger partial charge is 0.302 e. The van der Waals surface area contributed by atoms with Gasteiger partial charge in [0, 0.05) is 5.38 Å². The first-order valence-corrected chi connectivity index (χ1v) is 7.91. The Morgan fingerprint density at radius 3 is 1.41 bits per heavy atom. The van der Waals surface area contributed by atoms with Crippen molar-refractivity contribution in [1.29, 1.82) is 0 Å². The molecule has 0 amide bonds. The summed E-state index contributed by atoms with van der Waals surface area (Å²) in [6, 6.07) is 0. The molecule has 2 unspecified atom stereocenters. The van der Waals surface area contributed by atoms with Gasteiger partial charge in [0.1, 0.15) is 0 Å². The predicted octanol–water partition coefficient (Wildman–Crippen LogP) is 4.01. The molecule has 0 aliphatic heterocycles. The van der Waals surface area contributed by atoms with Crippen LogP contribution in [0.25, 0.3) is 0 Å². The third-order valence-electron chi connectivity index (χ3n) is 0.935. The second-order valence-electron chi connectivity index (χ2n) is 3.64. The van der Waals surface area contributed by atoms with Crippen LogP contribution in [0.4, 0.5) is 0 Å². The summed E-state index contributed by atoms with van der Waals surface area (Å²) in [5.74, 6) is 0. The first kappa shape index (κ1) is 20.3. The summed E-state index contributed by atoms with van der Waals surface area (Å²) in [7, 11) is -3.97. The molecule has 0 aromatic rings. The molecule has 0 aliphatic rings. The van der Waals surface area contributed by atoms with Crippen molar-refractivity contribution < 1.29 is 18.5 Å². The van der Waals surface area contributed by atoms with Crippen LogP contribution in [0.1, 0.15) is 27.7 Å². The minimum Gasteiger partial charge on any atom is -0.302 e. The van der Waals surface area contributed by atoms with Crippen molar-refractivity contribution in [3.8, 4) is 0 Å². The second-order valence-corrected chi connectivity index (χ2v) is 7.45. The maximum absolute atomic E-state index is 11.0. The van der Waals surface area contributed by atoms with Crippen LogP contribution in [0.2, 0.25) is 0 Å². The lowest BCUT2D eigenvalue weighted by Gasteiger charge is -2.13. The number of phosphoric acid groups is 1. The number of rotatable bonds is 6. The van der Waals surface area contributed by atoms with E-state index in [1.54, 1.807) is 13.8 Å². The van der Waals surface area contributed by atoms with E-state index in [0.29, 0.717) is 5.38 Å². The van der Waals surface area contributed by atoms with Crippen molar-refractivity contribution in [1.82, 2.24) is 0 Å². The molecule has 4 nitrogen and oxygen atoms in total. The van der Waals surface area contributed by atoms with Gasteiger partial charge in [-0.05, 0) is 27.7 Å². The Hall–Kier alpha value is 0.980. The van der Waals surface area contributed by atoms with Crippen molar-refractivity contribution in [3.63, 3.8) is 0 Å². The molecule has 8 heteroatoms. The molecule has 106 valence electrons. The average molecular weight is 330 g/mol. The summed E-state index contributed by atoms with van der Waals surface area (Å²) in [5, 5.41) is -0.366. The number of phosphoric ester groups is 1. The van der Waals surface area contributed by atoms with Crippen LogP contribution < -0.4 is 0 Å². The normalized spacial score (nSPS) is 17.9. The van der Waals surface area contributed by atoms with E-state index in [9.17, 15) is 4.57 Å². The zero-order chi connectivity index (χ0) is 14.1. The molecule has 0 heterocycles. The van der Waals surface area contributed by atoms with Gasteiger partial charge in [0.2, 0.25) is 0 Å². The summed E-state index contributed by atoms with van der Waals surface area (Å²) in [6.45, 7) is 7.08. The Balaban J connectivity index is 0. The minimum absolute atomic E-state index is 0.0357. The van der Waals surface area contributed by atoms with Crippen molar-refractivity contribution in [2.45, 2.75) is 43.8 Å². The van der Waals surface area contributed by atoms with Gasteiger partial charge < -0.3 is 4.89 Å². The van der Waals surface area contributed by atoms with Crippen LogP contribution in [0.3, 0.4) is 0 Å². The monoisotopic (exact) mass is 328 g/mol. The van der Waals surface area contributed by atoms with Crippen molar-refractivity contribution >= 4 is 42.6 Å². The van der Waals surface area contributed by atoms with Crippen LogP contribution >= 0.6 is 42.6 Å². The SMILES string of the molecule is CC(C)Cl.CC(Cl)COP(=O)(O)OCC(C)Cl. The molecule has 0 saturated heterocycles. The van der Waals surface area contributed by atoms with E-state index in [0.717, 1.165) is 0 Å². The Kier molecular flexibility index (Phi) is 13.0. The van der Waals surface area contributed by atoms with Gasteiger partial charge in [-0.2, -0.15) is 0 Å². The van der Waals surface area contributed by atoms with Gasteiger partial charge in [0.25, 0.3) is 0 Å². The Bertz CT molecular complexity index is 206. The van der Waals surface area contributed by atoms with Crippen LogP contribution in [-0.4, -0.2) is 34.2 Å². The summed E-state index contributed by atoms with van der Waals surface area (Å²) >= 11 is 16.3. The molecule has 0 aromatic carbocycles. The van der Waals surface area contributed by atoms with Crippen LogP contribution in [0.5, 0.6) is 0 Å². The maximum Gasteiger partial charge on any atom is 0.472 e. The van der Waals surface area contributed by atoms with E-state index in [2.05, 4.69) is 9.05 Å². The number of hydrogen-bond acceptors (Lipinski definition) is 3. The fourth-order valence-electron chi connectivity index (χ4n) is 0.431. The van der Waals surface area contributed by atoms with Crippen molar-refractivity contribution in [3.05, 3.63) is 0 Å². The van der Waals surface area contributed by atoms with E-state index in [1.807, 2.05) is 13.8 Å². The molecule has 17 heavy (non-hydrogen) atoms. The molecular weight excluding hydrogens is 309 g/mol. The second kappa shape index (κ2) is 10.9. The zero-order valence-electron chi connectivity index (χ0n) is 10.4. The summed E-state index contributed by atoms with van der Waals surface area (Å²) in [6.07, 6.45) is 0. The standard InChI is InChI=1S/C6H13Cl2O4P.C3H7Cl/c1-5(7)3-11-13(9,10)12-4-6(2)8;1-3(2)4/h5-6H,3-4H2,1-2H3,(H,9,10);3H,1-2H3. The van der Waals surface area contributed by atoms with Gasteiger partial charge in [-0.3, -0.25) is 9.05 Å². The van der Waals surface area contributed by atoms with Gasteiger partial charge in [0.05, 0.1) is 24.0 Å². The van der Waals surface area contributed by atoms with E-state index in [1.165, 1.54) is 0 Å². The fraction of sp³-hybridized carbons (Fsp3) is 1.00. The number of hydrogen-bond donors (Lipinski definition) is 1.